The van der Waals surface area contributed by atoms with Crippen molar-refractivity contribution in [2.24, 2.45) is 0 Å². The summed E-state index contributed by atoms with van der Waals surface area (Å²) in [5.41, 5.74) is 0.138. The van der Waals surface area contributed by atoms with Crippen molar-refractivity contribution < 1.29 is 29.0 Å². The summed E-state index contributed by atoms with van der Waals surface area (Å²) in [6.45, 7) is 3.43. The minimum atomic E-state index is -1.45. The van der Waals surface area contributed by atoms with Crippen LogP contribution in [0.3, 0.4) is 0 Å². The number of aliphatic hydroxyl groups excluding tert-OH is 1. The minimum Gasteiger partial charge on any atom is -0.456 e. The molecule has 27 heavy (non-hydrogen) atoms. The summed E-state index contributed by atoms with van der Waals surface area (Å²) in [6.07, 6.45) is 9.71. The van der Waals surface area contributed by atoms with Crippen LogP contribution < -0.4 is 5.32 Å². The lowest BCUT2D eigenvalue weighted by Gasteiger charge is -2.20. The summed E-state index contributed by atoms with van der Waals surface area (Å²) < 4.78 is 9.68. The molecule has 1 aliphatic heterocycles. The monoisotopic (exact) mass is 383 g/mol. The van der Waals surface area contributed by atoms with E-state index >= 15 is 0 Å². The number of hydrogen-bond acceptors (Lipinski definition) is 6. The smallest absolute Gasteiger partial charge is 0.333 e. The van der Waals surface area contributed by atoms with Crippen LogP contribution in [0.15, 0.2) is 11.6 Å². The Morgan fingerprint density at radius 2 is 1.74 bits per heavy atom. The Morgan fingerprint density at radius 1 is 1.15 bits per heavy atom. The first-order chi connectivity index (χ1) is 12.9. The fourth-order valence-corrected chi connectivity index (χ4v) is 2.99. The Bertz CT molecular complexity index is 517. The third-order valence-corrected chi connectivity index (χ3v) is 4.47. The number of nitrogens with one attached hydrogen (secondary N) is 1. The molecule has 2 N–H and O–H groups in total. The van der Waals surface area contributed by atoms with Gasteiger partial charge >= 0.3 is 11.9 Å². The number of esters is 2. The predicted octanol–water partition coefficient (Wildman–Crippen LogP) is 2.76. The number of carbonyl (C=O) groups excluding carboxylic acids is 3. The van der Waals surface area contributed by atoms with E-state index in [4.69, 9.17) is 4.74 Å². The zero-order valence-corrected chi connectivity index (χ0v) is 16.5. The number of unbranched alkanes of at least 4 members (excludes halogenated alkanes) is 8. The molecule has 0 spiro atoms. The van der Waals surface area contributed by atoms with Crippen molar-refractivity contribution in [2.75, 3.05) is 6.54 Å². The quantitative estimate of drug-likeness (QED) is 0.353. The highest BCUT2D eigenvalue weighted by atomic mass is 16.6. The highest BCUT2D eigenvalue weighted by molar-refractivity contribution is 5.86. The summed E-state index contributed by atoms with van der Waals surface area (Å²) >= 11 is 0. The van der Waals surface area contributed by atoms with Gasteiger partial charge in [0.15, 0.2) is 0 Å². The van der Waals surface area contributed by atoms with Crippen LogP contribution in [0.2, 0.25) is 0 Å². The number of ether oxygens (including phenoxy) is 2. The van der Waals surface area contributed by atoms with Crippen LogP contribution in [0, 0.1) is 0 Å². The van der Waals surface area contributed by atoms with Gasteiger partial charge < -0.3 is 19.9 Å². The predicted molar refractivity (Wildman–Crippen MR) is 101 cm³/mol. The van der Waals surface area contributed by atoms with E-state index in [0.29, 0.717) is 6.42 Å². The molecule has 0 fully saturated rings. The molecular weight excluding hydrogens is 350 g/mol. The number of hydrogen-bond donors (Lipinski definition) is 2. The maximum absolute atomic E-state index is 12.0. The van der Waals surface area contributed by atoms with Crippen molar-refractivity contribution in [2.45, 2.75) is 90.4 Å². The summed E-state index contributed by atoms with van der Waals surface area (Å²) in [7, 11) is 0. The molecule has 2 atom stereocenters. The number of carbonyl (C=O) groups is 3. The van der Waals surface area contributed by atoms with Crippen molar-refractivity contribution >= 4 is 17.8 Å². The molecule has 0 aromatic heterocycles. The highest BCUT2D eigenvalue weighted by Crippen LogP contribution is 2.19. The van der Waals surface area contributed by atoms with Gasteiger partial charge in [-0.2, -0.15) is 0 Å². The minimum absolute atomic E-state index is 0.00459. The van der Waals surface area contributed by atoms with E-state index in [1.54, 1.807) is 0 Å². The molecule has 7 heteroatoms. The average molecular weight is 383 g/mol. The van der Waals surface area contributed by atoms with E-state index < -0.39 is 24.3 Å². The maximum Gasteiger partial charge on any atom is 0.333 e. The molecule has 0 bridgehead atoms. The molecule has 0 aromatic rings. The molecule has 0 aromatic carbocycles. The molecule has 1 rings (SSSR count). The van der Waals surface area contributed by atoms with Gasteiger partial charge in [-0.05, 0) is 6.42 Å². The first kappa shape index (κ1) is 23.1. The van der Waals surface area contributed by atoms with Gasteiger partial charge in [0.05, 0.1) is 6.54 Å². The van der Waals surface area contributed by atoms with Crippen LogP contribution in [0.4, 0.5) is 0 Å². The van der Waals surface area contributed by atoms with Gasteiger partial charge in [-0.1, -0.05) is 58.3 Å². The van der Waals surface area contributed by atoms with E-state index in [1.807, 2.05) is 0 Å². The topological polar surface area (TPSA) is 102 Å². The molecule has 1 amide bonds. The molecule has 1 aliphatic rings. The normalized spacial score (nSPS) is 17.2. The summed E-state index contributed by atoms with van der Waals surface area (Å²) in [5, 5.41) is 12.4. The highest BCUT2D eigenvalue weighted by Gasteiger charge is 2.32. The molecule has 1 heterocycles. The lowest BCUT2D eigenvalue weighted by atomic mass is 10.1. The Morgan fingerprint density at radius 3 is 2.26 bits per heavy atom. The van der Waals surface area contributed by atoms with Crippen LogP contribution in [-0.2, 0) is 23.9 Å². The lowest BCUT2D eigenvalue weighted by molar-refractivity contribution is -0.154. The Hall–Kier alpha value is -1.89. The largest absolute Gasteiger partial charge is 0.456 e. The number of cyclic esters (lactones) is 1. The fourth-order valence-electron chi connectivity index (χ4n) is 2.99. The summed E-state index contributed by atoms with van der Waals surface area (Å²) in [4.78, 5) is 34.4. The zero-order chi connectivity index (χ0) is 20.1. The second-order valence-electron chi connectivity index (χ2n) is 6.91. The van der Waals surface area contributed by atoms with Crippen LogP contribution in [0.25, 0.3) is 0 Å². The van der Waals surface area contributed by atoms with E-state index in [0.717, 1.165) is 25.3 Å². The lowest BCUT2D eigenvalue weighted by Crippen LogP contribution is -2.37. The first-order valence-electron chi connectivity index (χ1n) is 9.98. The molecule has 2 unspecified atom stereocenters. The SMILES string of the molecule is CCCCCCCCCCCC(=O)NCC(OC(C)=O)C1=CC(=O)OC1O. The van der Waals surface area contributed by atoms with Gasteiger partial charge in [0.1, 0.15) is 6.10 Å². The van der Waals surface area contributed by atoms with Gasteiger partial charge in [0, 0.05) is 25.0 Å². The van der Waals surface area contributed by atoms with Crippen LogP contribution in [0.1, 0.15) is 78.1 Å². The molecule has 0 saturated heterocycles. The van der Waals surface area contributed by atoms with Crippen molar-refractivity contribution in [3.05, 3.63) is 11.6 Å². The fraction of sp³-hybridized carbons (Fsp3) is 0.750. The van der Waals surface area contributed by atoms with Gasteiger partial charge in [-0.15, -0.1) is 0 Å². The summed E-state index contributed by atoms with van der Waals surface area (Å²) in [6, 6.07) is 0. The average Bonchev–Trinajstić information content (AvgIpc) is 2.95. The van der Waals surface area contributed by atoms with Gasteiger partial charge in [-0.3, -0.25) is 9.59 Å². The zero-order valence-electron chi connectivity index (χ0n) is 16.5. The Kier molecular flexibility index (Phi) is 11.4. The van der Waals surface area contributed by atoms with Crippen molar-refractivity contribution in [3.8, 4) is 0 Å². The van der Waals surface area contributed by atoms with Crippen molar-refractivity contribution in [3.63, 3.8) is 0 Å². The van der Waals surface area contributed by atoms with E-state index in [1.165, 1.54) is 45.4 Å². The number of aliphatic hydroxyl groups is 1. The molecule has 0 aliphatic carbocycles. The summed E-state index contributed by atoms with van der Waals surface area (Å²) in [5.74, 6) is -1.41. The molecule has 0 radical (unpaired) electrons. The van der Waals surface area contributed by atoms with Gasteiger partial charge in [-0.25, -0.2) is 4.79 Å². The first-order valence-corrected chi connectivity index (χ1v) is 9.98. The van der Waals surface area contributed by atoms with Crippen molar-refractivity contribution in [1.29, 1.82) is 0 Å². The van der Waals surface area contributed by atoms with Gasteiger partial charge in [0.2, 0.25) is 12.2 Å². The van der Waals surface area contributed by atoms with E-state index in [2.05, 4.69) is 17.0 Å². The number of amides is 1. The van der Waals surface area contributed by atoms with Crippen molar-refractivity contribution in [1.82, 2.24) is 5.32 Å². The van der Waals surface area contributed by atoms with Crippen LogP contribution in [-0.4, -0.2) is 41.9 Å². The molecular formula is C20H33NO6. The van der Waals surface area contributed by atoms with E-state index in [9.17, 15) is 19.5 Å². The third-order valence-electron chi connectivity index (χ3n) is 4.47. The van der Waals surface area contributed by atoms with Gasteiger partial charge in [0.25, 0.3) is 0 Å². The number of rotatable bonds is 14. The molecule has 7 nitrogen and oxygen atoms in total. The second kappa shape index (κ2) is 13.3. The van der Waals surface area contributed by atoms with Crippen LogP contribution >= 0.6 is 0 Å². The Balaban J connectivity index is 2.21. The standard InChI is InChI=1S/C20H33NO6/c1-3-4-5-6-7-8-9-10-11-12-18(23)21-14-17(26-15(2)22)16-13-19(24)27-20(16)25/h13,17,20,25H,3-12,14H2,1-2H3,(H,21,23). The van der Waals surface area contributed by atoms with E-state index in [-0.39, 0.29) is 18.0 Å². The molecule has 154 valence electrons. The molecule has 0 saturated carbocycles. The van der Waals surface area contributed by atoms with Crippen LogP contribution in [0.5, 0.6) is 0 Å². The third kappa shape index (κ3) is 10.1. The Labute approximate surface area is 161 Å². The maximum atomic E-state index is 12.0. The second-order valence-corrected chi connectivity index (χ2v) is 6.91.